The van der Waals surface area contributed by atoms with E-state index in [4.69, 9.17) is 0 Å². The minimum Gasteiger partial charge on any atom is -0.394 e. The van der Waals surface area contributed by atoms with Gasteiger partial charge in [0.25, 0.3) is 0 Å². The highest BCUT2D eigenvalue weighted by Crippen LogP contribution is 2.15. The largest absolute Gasteiger partial charge is 0.394 e. The molecule has 0 aliphatic carbocycles. The second-order valence-electron chi connectivity index (χ2n) is 18.3. The Kier molecular flexibility index (Phi) is 53.4. The van der Waals surface area contributed by atoms with Gasteiger partial charge in [0, 0.05) is 6.42 Å². The van der Waals surface area contributed by atoms with Gasteiger partial charge in [-0.3, -0.25) is 4.79 Å². The van der Waals surface area contributed by atoms with Crippen molar-refractivity contribution in [3.63, 3.8) is 0 Å². The van der Waals surface area contributed by atoms with Gasteiger partial charge in [-0.25, -0.2) is 0 Å². The van der Waals surface area contributed by atoms with Crippen molar-refractivity contribution in [2.45, 2.75) is 257 Å². The molecule has 4 nitrogen and oxygen atoms in total. The number of carbonyl (C=O) groups is 1. The van der Waals surface area contributed by atoms with Crippen LogP contribution in [0.15, 0.2) is 122 Å². The molecular weight excluding hydrogens is 807 g/mol. The first-order valence-electron chi connectivity index (χ1n) is 27.7. The second-order valence-corrected chi connectivity index (χ2v) is 18.3. The minimum atomic E-state index is -0.844. The van der Waals surface area contributed by atoms with Gasteiger partial charge >= 0.3 is 0 Å². The predicted molar refractivity (Wildman–Crippen MR) is 294 cm³/mol. The smallest absolute Gasteiger partial charge is 0.220 e. The number of unbranched alkanes of at least 4 members (excludes halogenated alkanes) is 24. The van der Waals surface area contributed by atoms with Gasteiger partial charge < -0.3 is 15.5 Å². The fraction of sp³-hybridized carbons (Fsp3) is 0.661. The lowest BCUT2D eigenvalue weighted by molar-refractivity contribution is -0.123. The summed E-state index contributed by atoms with van der Waals surface area (Å²) in [5, 5.41) is 23.1. The van der Waals surface area contributed by atoms with Crippen molar-refractivity contribution >= 4 is 5.91 Å². The number of rotatable bonds is 49. The van der Waals surface area contributed by atoms with Gasteiger partial charge in [0.05, 0.1) is 18.8 Å². The van der Waals surface area contributed by atoms with Crippen molar-refractivity contribution in [1.82, 2.24) is 5.32 Å². The average molecular weight is 913 g/mol. The number of hydrogen-bond donors (Lipinski definition) is 3. The third kappa shape index (κ3) is 51.8. The van der Waals surface area contributed by atoms with Crippen molar-refractivity contribution in [3.8, 4) is 0 Å². The van der Waals surface area contributed by atoms with Crippen LogP contribution in [0.3, 0.4) is 0 Å². The molecule has 376 valence electrons. The lowest BCUT2D eigenvalue weighted by atomic mass is 10.0. The number of nitrogens with one attached hydrogen (secondary N) is 1. The molecule has 0 rings (SSSR count). The van der Waals surface area contributed by atoms with Crippen molar-refractivity contribution < 1.29 is 15.0 Å². The molecule has 4 heteroatoms. The maximum Gasteiger partial charge on any atom is 0.220 e. The molecule has 0 saturated heterocycles. The molecule has 0 radical (unpaired) electrons. The first kappa shape index (κ1) is 62.8. The molecule has 0 spiro atoms. The lowest BCUT2D eigenvalue weighted by Crippen LogP contribution is -2.45. The molecule has 0 aromatic carbocycles. The Morgan fingerprint density at radius 2 is 0.667 bits per heavy atom. The Hall–Kier alpha value is -3.21. The highest BCUT2D eigenvalue weighted by Gasteiger charge is 2.18. The fourth-order valence-corrected chi connectivity index (χ4v) is 7.76. The number of hydrogen-bond acceptors (Lipinski definition) is 3. The maximum absolute atomic E-state index is 12.4. The predicted octanol–water partition coefficient (Wildman–Crippen LogP) is 18.5. The normalized spacial score (nSPS) is 13.8. The Morgan fingerprint density at radius 1 is 0.379 bits per heavy atom. The van der Waals surface area contributed by atoms with E-state index in [0.29, 0.717) is 6.42 Å². The third-order valence-electron chi connectivity index (χ3n) is 12.0. The summed E-state index contributed by atoms with van der Waals surface area (Å²) in [5.74, 6) is -0.0699. The van der Waals surface area contributed by atoms with Crippen molar-refractivity contribution in [3.05, 3.63) is 122 Å². The summed E-state index contributed by atoms with van der Waals surface area (Å²) >= 11 is 0. The summed E-state index contributed by atoms with van der Waals surface area (Å²) in [6, 6.07) is -0.628. The number of amides is 1. The van der Waals surface area contributed by atoms with Crippen molar-refractivity contribution in [2.75, 3.05) is 6.61 Å². The molecule has 0 aliphatic rings. The number of aliphatic hydroxyl groups excluding tert-OH is 2. The standard InChI is InChI=1S/C62H105NO3/c1-3-5-7-9-11-13-15-17-18-19-20-21-22-23-24-25-26-27-28-29-30-31-32-33-34-35-36-37-38-39-40-41-42-43-44-46-48-50-52-54-56-58-62(66)63-60(59-64)61(65)57-55-53-51-49-47-45-16-14-12-10-8-6-4-2/h5,7,11,13,17-18,20-21,23-24,26-27,29-30,32-33,35-36,55,57,60-61,64-65H,3-4,6,8-10,12,14-16,19,22,25,28,31,34,37-54,56,58-59H2,1-2H3,(H,63,66)/b7-5-,13-11-,18-17-,21-20-,24-23-,27-26-,30-29-,33-32-,36-35-,57-55+. The van der Waals surface area contributed by atoms with Crippen LogP contribution in [-0.4, -0.2) is 34.9 Å². The van der Waals surface area contributed by atoms with Gasteiger partial charge in [-0.2, -0.15) is 0 Å². The van der Waals surface area contributed by atoms with Crippen molar-refractivity contribution in [2.24, 2.45) is 0 Å². The summed E-state index contributed by atoms with van der Waals surface area (Å²) in [5.41, 5.74) is 0. The zero-order chi connectivity index (χ0) is 47.7. The van der Waals surface area contributed by atoms with Gasteiger partial charge in [0.1, 0.15) is 0 Å². The highest BCUT2D eigenvalue weighted by atomic mass is 16.3. The topological polar surface area (TPSA) is 69.6 Å². The third-order valence-corrected chi connectivity index (χ3v) is 12.0. The van der Waals surface area contributed by atoms with Gasteiger partial charge in [-0.1, -0.05) is 270 Å². The summed E-state index contributed by atoms with van der Waals surface area (Å²) in [6.07, 6.45) is 86.4. The van der Waals surface area contributed by atoms with E-state index in [-0.39, 0.29) is 12.5 Å². The van der Waals surface area contributed by atoms with E-state index in [1.54, 1.807) is 6.08 Å². The van der Waals surface area contributed by atoms with Crippen LogP contribution in [0.5, 0.6) is 0 Å². The minimum absolute atomic E-state index is 0.0699. The fourth-order valence-electron chi connectivity index (χ4n) is 7.76. The van der Waals surface area contributed by atoms with E-state index in [1.165, 1.54) is 141 Å². The first-order valence-corrected chi connectivity index (χ1v) is 27.7. The molecule has 0 bridgehead atoms. The SMILES string of the molecule is CC/C=C\C/C=C\C/C=C\C/C=C\C/C=C\C/C=C\C/C=C\C/C=C\C/C=C\CCCCCCCCCCCCCCCC(=O)NC(CO)C(O)/C=C/CCCCCCCCCCCCC. The molecule has 66 heavy (non-hydrogen) atoms. The molecule has 3 N–H and O–H groups in total. The Morgan fingerprint density at radius 3 is 1.00 bits per heavy atom. The molecule has 0 fully saturated rings. The first-order chi connectivity index (χ1) is 32.7. The number of allylic oxidation sites excluding steroid dienone is 19. The van der Waals surface area contributed by atoms with Crippen LogP contribution >= 0.6 is 0 Å². The van der Waals surface area contributed by atoms with Gasteiger partial charge in [0.2, 0.25) is 5.91 Å². The van der Waals surface area contributed by atoms with E-state index in [9.17, 15) is 15.0 Å². The highest BCUT2D eigenvalue weighted by molar-refractivity contribution is 5.76. The van der Waals surface area contributed by atoms with E-state index >= 15 is 0 Å². The lowest BCUT2D eigenvalue weighted by Gasteiger charge is -2.20. The average Bonchev–Trinajstić information content (AvgIpc) is 3.32. The zero-order valence-corrected chi connectivity index (χ0v) is 43.2. The van der Waals surface area contributed by atoms with Gasteiger partial charge in [-0.05, 0) is 89.9 Å². The van der Waals surface area contributed by atoms with Crippen LogP contribution in [0.1, 0.15) is 245 Å². The van der Waals surface area contributed by atoms with Crippen LogP contribution in [0.2, 0.25) is 0 Å². The van der Waals surface area contributed by atoms with E-state index in [2.05, 4.69) is 129 Å². The van der Waals surface area contributed by atoms with Crippen LogP contribution in [0.25, 0.3) is 0 Å². The summed E-state index contributed by atoms with van der Waals surface area (Å²) in [6.45, 7) is 4.18. The molecule has 0 heterocycles. The molecule has 2 atom stereocenters. The maximum atomic E-state index is 12.4. The molecule has 1 amide bonds. The van der Waals surface area contributed by atoms with E-state index in [1.807, 2.05) is 6.08 Å². The molecule has 2 unspecified atom stereocenters. The quantitative estimate of drug-likeness (QED) is 0.0421. The van der Waals surface area contributed by atoms with Crippen LogP contribution in [0, 0.1) is 0 Å². The number of carbonyl (C=O) groups excluding carboxylic acids is 1. The zero-order valence-electron chi connectivity index (χ0n) is 43.2. The molecule has 0 saturated carbocycles. The molecule has 0 aromatic heterocycles. The summed E-state index contributed by atoms with van der Waals surface area (Å²) in [4.78, 5) is 12.4. The van der Waals surface area contributed by atoms with E-state index in [0.717, 1.165) is 83.5 Å². The summed E-state index contributed by atoms with van der Waals surface area (Å²) in [7, 11) is 0. The second kappa shape index (κ2) is 56.1. The van der Waals surface area contributed by atoms with E-state index < -0.39 is 12.1 Å². The summed E-state index contributed by atoms with van der Waals surface area (Å²) < 4.78 is 0. The molecule has 0 aliphatic heterocycles. The number of aliphatic hydroxyl groups is 2. The van der Waals surface area contributed by atoms with Crippen molar-refractivity contribution in [1.29, 1.82) is 0 Å². The Labute approximate surface area is 409 Å². The van der Waals surface area contributed by atoms with Gasteiger partial charge in [-0.15, -0.1) is 0 Å². The Balaban J connectivity index is 3.56. The van der Waals surface area contributed by atoms with Crippen LogP contribution < -0.4 is 5.32 Å². The monoisotopic (exact) mass is 912 g/mol. The Bertz CT molecular complexity index is 1310. The van der Waals surface area contributed by atoms with Crippen LogP contribution in [-0.2, 0) is 4.79 Å². The molecule has 0 aromatic rings. The van der Waals surface area contributed by atoms with Gasteiger partial charge in [0.15, 0.2) is 0 Å². The van der Waals surface area contributed by atoms with Crippen LogP contribution in [0.4, 0.5) is 0 Å². The molecular formula is C62H105NO3.